The zero-order valence-electron chi connectivity index (χ0n) is 13.8. The van der Waals surface area contributed by atoms with Crippen LogP contribution in [0.1, 0.15) is 86.5 Å². The molecule has 0 bridgehead atoms. The summed E-state index contributed by atoms with van der Waals surface area (Å²) in [5, 5.41) is 0. The zero-order valence-corrected chi connectivity index (χ0v) is 13.8. The van der Waals surface area contributed by atoms with Gasteiger partial charge in [-0.2, -0.15) is 0 Å². The zero-order chi connectivity index (χ0) is 13.8. The summed E-state index contributed by atoms with van der Waals surface area (Å²) < 4.78 is 0. The van der Waals surface area contributed by atoms with Crippen molar-refractivity contribution in [1.82, 2.24) is 0 Å². The maximum atomic E-state index is 2.54. The van der Waals surface area contributed by atoms with E-state index in [4.69, 9.17) is 0 Å². The lowest BCUT2D eigenvalue weighted by Gasteiger charge is -2.43. The summed E-state index contributed by atoms with van der Waals surface area (Å²) in [4.78, 5) is 0. The van der Waals surface area contributed by atoms with Gasteiger partial charge >= 0.3 is 0 Å². The normalized spacial score (nSPS) is 29.0. The standard InChI is InChI=1S/C18H36/c1-7-14(2)8-11-16(4)18(5,6)17-12-9-15(3)10-13-17/h14-17H,7-13H2,1-6H3. The van der Waals surface area contributed by atoms with Crippen LogP contribution >= 0.6 is 0 Å². The minimum Gasteiger partial charge on any atom is -0.0651 e. The predicted octanol–water partition coefficient (Wildman–Crippen LogP) is 6.30. The van der Waals surface area contributed by atoms with E-state index in [1.807, 2.05) is 0 Å². The Balaban J connectivity index is 2.45. The van der Waals surface area contributed by atoms with Gasteiger partial charge in [0, 0.05) is 0 Å². The monoisotopic (exact) mass is 252 g/mol. The van der Waals surface area contributed by atoms with Crippen molar-refractivity contribution in [2.45, 2.75) is 86.5 Å². The van der Waals surface area contributed by atoms with Gasteiger partial charge in [-0.25, -0.2) is 0 Å². The van der Waals surface area contributed by atoms with Crippen LogP contribution in [-0.4, -0.2) is 0 Å². The van der Waals surface area contributed by atoms with Crippen molar-refractivity contribution in [3.63, 3.8) is 0 Å². The Labute approximate surface area is 116 Å². The highest BCUT2D eigenvalue weighted by atomic mass is 14.4. The average Bonchev–Trinajstić information content (AvgIpc) is 2.35. The molecular weight excluding hydrogens is 216 g/mol. The Morgan fingerprint density at radius 3 is 2.06 bits per heavy atom. The fraction of sp³-hybridized carbons (Fsp3) is 1.00. The fourth-order valence-electron chi connectivity index (χ4n) is 3.52. The van der Waals surface area contributed by atoms with Gasteiger partial charge in [0.1, 0.15) is 0 Å². The van der Waals surface area contributed by atoms with Gasteiger partial charge in [-0.3, -0.25) is 0 Å². The number of hydrogen-bond acceptors (Lipinski definition) is 0. The van der Waals surface area contributed by atoms with E-state index in [0.29, 0.717) is 5.41 Å². The SMILES string of the molecule is CCC(C)CCC(C)C(C)(C)C1CCC(C)CC1. The van der Waals surface area contributed by atoms with Gasteiger partial charge in [0.25, 0.3) is 0 Å². The van der Waals surface area contributed by atoms with Gasteiger partial charge in [-0.15, -0.1) is 0 Å². The van der Waals surface area contributed by atoms with Crippen molar-refractivity contribution < 1.29 is 0 Å². The lowest BCUT2D eigenvalue weighted by Crippen LogP contribution is -2.33. The lowest BCUT2D eigenvalue weighted by atomic mass is 9.62. The van der Waals surface area contributed by atoms with Crippen LogP contribution in [0, 0.1) is 29.1 Å². The Hall–Kier alpha value is 0. The summed E-state index contributed by atoms with van der Waals surface area (Å²) in [7, 11) is 0. The maximum Gasteiger partial charge on any atom is -0.0300 e. The molecule has 1 rings (SSSR count). The summed E-state index contributed by atoms with van der Waals surface area (Å²) in [5.41, 5.74) is 0.549. The van der Waals surface area contributed by atoms with E-state index >= 15 is 0 Å². The highest BCUT2D eigenvalue weighted by Crippen LogP contribution is 2.46. The third kappa shape index (κ3) is 4.28. The van der Waals surface area contributed by atoms with E-state index in [9.17, 15) is 0 Å². The molecule has 1 saturated carbocycles. The van der Waals surface area contributed by atoms with Crippen LogP contribution in [0.4, 0.5) is 0 Å². The highest BCUT2D eigenvalue weighted by molar-refractivity contribution is 4.86. The topological polar surface area (TPSA) is 0 Å². The van der Waals surface area contributed by atoms with Gasteiger partial charge in [0.2, 0.25) is 0 Å². The lowest BCUT2D eigenvalue weighted by molar-refractivity contribution is 0.0720. The number of hydrogen-bond donors (Lipinski definition) is 0. The van der Waals surface area contributed by atoms with E-state index in [0.717, 1.165) is 23.7 Å². The van der Waals surface area contributed by atoms with Crippen LogP contribution < -0.4 is 0 Å². The first-order chi connectivity index (χ1) is 8.37. The molecule has 0 aromatic heterocycles. The summed E-state index contributed by atoms with van der Waals surface area (Å²) in [6, 6.07) is 0. The van der Waals surface area contributed by atoms with E-state index in [1.165, 1.54) is 44.9 Å². The third-order valence-electron chi connectivity index (χ3n) is 6.13. The summed E-state index contributed by atoms with van der Waals surface area (Å²) >= 11 is 0. The van der Waals surface area contributed by atoms with Crippen molar-refractivity contribution in [3.8, 4) is 0 Å². The molecule has 1 aliphatic carbocycles. The molecule has 0 saturated heterocycles. The predicted molar refractivity (Wildman–Crippen MR) is 82.8 cm³/mol. The van der Waals surface area contributed by atoms with E-state index in [-0.39, 0.29) is 0 Å². The van der Waals surface area contributed by atoms with Crippen LogP contribution in [0.25, 0.3) is 0 Å². The molecule has 0 aromatic rings. The summed E-state index contributed by atoms with van der Waals surface area (Å²) in [6.45, 7) is 14.7. The molecule has 0 spiro atoms. The van der Waals surface area contributed by atoms with Crippen molar-refractivity contribution in [2.24, 2.45) is 29.1 Å². The molecule has 0 amide bonds. The number of rotatable bonds is 6. The van der Waals surface area contributed by atoms with Gasteiger partial charge in [0.15, 0.2) is 0 Å². The first-order valence-electron chi connectivity index (χ1n) is 8.37. The molecule has 0 heterocycles. The van der Waals surface area contributed by atoms with Gasteiger partial charge in [-0.1, -0.05) is 67.2 Å². The maximum absolute atomic E-state index is 2.54. The van der Waals surface area contributed by atoms with E-state index < -0.39 is 0 Å². The second kappa shape index (κ2) is 6.96. The van der Waals surface area contributed by atoms with E-state index in [2.05, 4.69) is 41.5 Å². The Morgan fingerprint density at radius 2 is 1.56 bits per heavy atom. The molecule has 2 unspecified atom stereocenters. The Morgan fingerprint density at radius 1 is 1.00 bits per heavy atom. The van der Waals surface area contributed by atoms with Crippen LogP contribution in [0.2, 0.25) is 0 Å². The summed E-state index contributed by atoms with van der Waals surface area (Å²) in [6.07, 6.45) is 10.1. The second-order valence-corrected chi connectivity index (χ2v) is 7.77. The molecule has 18 heavy (non-hydrogen) atoms. The molecule has 0 aliphatic heterocycles. The average molecular weight is 252 g/mol. The van der Waals surface area contributed by atoms with Crippen molar-refractivity contribution >= 4 is 0 Å². The molecule has 0 radical (unpaired) electrons. The molecule has 0 N–H and O–H groups in total. The largest absolute Gasteiger partial charge is 0.0651 e. The van der Waals surface area contributed by atoms with Gasteiger partial charge in [0.05, 0.1) is 0 Å². The minimum atomic E-state index is 0.549. The molecule has 2 atom stereocenters. The Kier molecular flexibility index (Phi) is 6.21. The molecule has 1 fully saturated rings. The van der Waals surface area contributed by atoms with Crippen LogP contribution in [-0.2, 0) is 0 Å². The smallest absolute Gasteiger partial charge is 0.0300 e. The Bertz CT molecular complexity index is 220. The molecule has 108 valence electrons. The van der Waals surface area contributed by atoms with Crippen molar-refractivity contribution in [3.05, 3.63) is 0 Å². The summed E-state index contributed by atoms with van der Waals surface area (Å²) in [5.74, 6) is 3.74. The molecule has 1 aliphatic rings. The van der Waals surface area contributed by atoms with E-state index in [1.54, 1.807) is 0 Å². The van der Waals surface area contributed by atoms with Crippen molar-refractivity contribution in [2.75, 3.05) is 0 Å². The molecule has 0 heteroatoms. The van der Waals surface area contributed by atoms with Gasteiger partial charge < -0.3 is 0 Å². The first-order valence-corrected chi connectivity index (χ1v) is 8.37. The molecule has 0 aromatic carbocycles. The van der Waals surface area contributed by atoms with Crippen molar-refractivity contribution in [1.29, 1.82) is 0 Å². The highest BCUT2D eigenvalue weighted by Gasteiger charge is 2.36. The van der Waals surface area contributed by atoms with Crippen LogP contribution in [0.15, 0.2) is 0 Å². The fourth-order valence-corrected chi connectivity index (χ4v) is 3.52. The minimum absolute atomic E-state index is 0.549. The molecule has 0 nitrogen and oxygen atoms in total. The first kappa shape index (κ1) is 16.1. The molecular formula is C18H36. The van der Waals surface area contributed by atoms with Crippen LogP contribution in [0.3, 0.4) is 0 Å². The second-order valence-electron chi connectivity index (χ2n) is 7.77. The third-order valence-corrected chi connectivity index (χ3v) is 6.13. The van der Waals surface area contributed by atoms with Crippen LogP contribution in [0.5, 0.6) is 0 Å². The van der Waals surface area contributed by atoms with Gasteiger partial charge in [-0.05, 0) is 48.3 Å². The quantitative estimate of drug-likeness (QED) is 0.520.